The molecule has 30 heavy (non-hydrogen) atoms. The third kappa shape index (κ3) is 3.57. The van der Waals surface area contributed by atoms with Crippen molar-refractivity contribution in [3.63, 3.8) is 0 Å². The summed E-state index contributed by atoms with van der Waals surface area (Å²) in [6.45, 7) is 3.65. The minimum Gasteiger partial charge on any atom is -0.350 e. The lowest BCUT2D eigenvalue weighted by molar-refractivity contribution is 0.101. The summed E-state index contributed by atoms with van der Waals surface area (Å²) in [7, 11) is 0. The average molecular weight is 419 g/mol. The molecule has 2 heterocycles. The lowest BCUT2D eigenvalue weighted by Crippen LogP contribution is -2.28. The number of Topliss-reactive ketones (excluding diaryl/α,β-unsaturated/α-hetero) is 1. The number of pyridine rings is 1. The summed E-state index contributed by atoms with van der Waals surface area (Å²) in [4.78, 5) is 30.1. The molecule has 0 bridgehead atoms. The standard InChI is InChI=1S/C23H19ClN4O2/c1-3-28-23(30)22(20(14(2)29)21(27-28)15-7-5-4-6-8-15)26-18-11-12-25-19-13-16(24)9-10-17(18)19/h4-13H,3H2,1-2H3,(H,25,26). The van der Waals surface area contributed by atoms with E-state index in [1.54, 1.807) is 24.4 Å². The monoisotopic (exact) mass is 418 g/mol. The molecule has 0 saturated heterocycles. The van der Waals surface area contributed by atoms with Gasteiger partial charge in [0, 0.05) is 34.4 Å². The highest BCUT2D eigenvalue weighted by atomic mass is 35.5. The summed E-state index contributed by atoms with van der Waals surface area (Å²) in [6.07, 6.45) is 1.63. The molecule has 2 aromatic heterocycles. The molecule has 6 nitrogen and oxygen atoms in total. The molecule has 0 aliphatic rings. The molecule has 0 aliphatic carbocycles. The number of fused-ring (bicyclic) bond motifs is 1. The first-order valence-corrected chi connectivity index (χ1v) is 9.90. The number of halogens is 1. The number of hydrogen-bond acceptors (Lipinski definition) is 5. The number of benzene rings is 2. The zero-order chi connectivity index (χ0) is 21.3. The molecule has 0 aliphatic heterocycles. The van der Waals surface area contributed by atoms with E-state index in [9.17, 15) is 9.59 Å². The summed E-state index contributed by atoms with van der Waals surface area (Å²) in [5.74, 6) is -0.245. The number of aromatic nitrogens is 3. The quantitative estimate of drug-likeness (QED) is 0.457. The average Bonchev–Trinajstić information content (AvgIpc) is 2.75. The van der Waals surface area contributed by atoms with Gasteiger partial charge in [-0.3, -0.25) is 14.6 Å². The Labute approximate surface area is 178 Å². The van der Waals surface area contributed by atoms with Gasteiger partial charge in [0.15, 0.2) is 5.78 Å². The Balaban J connectivity index is 1.98. The number of anilines is 2. The smallest absolute Gasteiger partial charge is 0.291 e. The maximum absolute atomic E-state index is 13.2. The number of carbonyl (C=O) groups excluding carboxylic acids is 1. The van der Waals surface area contributed by atoms with Gasteiger partial charge in [-0.2, -0.15) is 5.10 Å². The van der Waals surface area contributed by atoms with E-state index in [4.69, 9.17) is 11.6 Å². The SMILES string of the molecule is CCn1nc(-c2ccccc2)c(C(C)=O)c(Nc2ccnc3cc(Cl)ccc23)c1=O. The molecule has 4 rings (SSSR count). The van der Waals surface area contributed by atoms with Gasteiger partial charge in [0.1, 0.15) is 11.4 Å². The molecular formula is C23H19ClN4O2. The highest BCUT2D eigenvalue weighted by Gasteiger charge is 2.22. The van der Waals surface area contributed by atoms with Crippen LogP contribution in [-0.4, -0.2) is 20.5 Å². The first-order chi connectivity index (χ1) is 14.5. The Morgan fingerprint density at radius 2 is 1.90 bits per heavy atom. The van der Waals surface area contributed by atoms with Gasteiger partial charge in [-0.15, -0.1) is 0 Å². The van der Waals surface area contributed by atoms with Gasteiger partial charge < -0.3 is 5.32 Å². The van der Waals surface area contributed by atoms with E-state index >= 15 is 0 Å². The number of ketones is 1. The Morgan fingerprint density at radius 1 is 1.13 bits per heavy atom. The molecule has 2 aromatic carbocycles. The molecule has 7 heteroatoms. The van der Waals surface area contributed by atoms with Crippen LogP contribution in [0.5, 0.6) is 0 Å². The van der Waals surface area contributed by atoms with Gasteiger partial charge >= 0.3 is 0 Å². The molecule has 0 amide bonds. The zero-order valence-corrected chi connectivity index (χ0v) is 17.3. The predicted molar refractivity (Wildman–Crippen MR) is 120 cm³/mol. The molecule has 4 aromatic rings. The second-order valence-electron chi connectivity index (χ2n) is 6.79. The predicted octanol–water partition coefficient (Wildman–Crippen LogP) is 5.08. The topological polar surface area (TPSA) is 76.9 Å². The molecule has 0 fully saturated rings. The summed E-state index contributed by atoms with van der Waals surface area (Å²) in [5, 5.41) is 9.02. The van der Waals surface area contributed by atoms with Crippen LogP contribution in [0.4, 0.5) is 11.4 Å². The Hall–Kier alpha value is -3.51. The third-order valence-electron chi connectivity index (χ3n) is 4.82. The first-order valence-electron chi connectivity index (χ1n) is 9.52. The van der Waals surface area contributed by atoms with Crippen LogP contribution < -0.4 is 10.9 Å². The number of carbonyl (C=O) groups is 1. The maximum atomic E-state index is 13.2. The maximum Gasteiger partial charge on any atom is 0.291 e. The van der Waals surface area contributed by atoms with E-state index in [0.717, 1.165) is 10.9 Å². The van der Waals surface area contributed by atoms with Crippen molar-refractivity contribution in [1.82, 2.24) is 14.8 Å². The van der Waals surface area contributed by atoms with E-state index in [0.29, 0.717) is 28.5 Å². The van der Waals surface area contributed by atoms with Crippen LogP contribution in [0.1, 0.15) is 24.2 Å². The molecular weight excluding hydrogens is 400 g/mol. The van der Waals surface area contributed by atoms with Crippen LogP contribution in [0.3, 0.4) is 0 Å². The molecule has 0 radical (unpaired) electrons. The van der Waals surface area contributed by atoms with E-state index < -0.39 is 0 Å². The van der Waals surface area contributed by atoms with Gasteiger partial charge in [0.2, 0.25) is 0 Å². The van der Waals surface area contributed by atoms with Crippen LogP contribution in [0.2, 0.25) is 5.02 Å². The van der Waals surface area contributed by atoms with Crippen molar-refractivity contribution >= 4 is 39.7 Å². The Morgan fingerprint density at radius 3 is 2.60 bits per heavy atom. The Kier molecular flexibility index (Phi) is 5.33. The molecule has 150 valence electrons. The molecule has 0 spiro atoms. The van der Waals surface area contributed by atoms with Gasteiger partial charge in [0.25, 0.3) is 5.56 Å². The normalized spacial score (nSPS) is 10.9. The van der Waals surface area contributed by atoms with E-state index in [2.05, 4.69) is 15.4 Å². The highest BCUT2D eigenvalue weighted by molar-refractivity contribution is 6.31. The van der Waals surface area contributed by atoms with Crippen molar-refractivity contribution < 1.29 is 4.79 Å². The highest BCUT2D eigenvalue weighted by Crippen LogP contribution is 2.30. The lowest BCUT2D eigenvalue weighted by atomic mass is 10.0. The Bertz CT molecular complexity index is 1320. The van der Waals surface area contributed by atoms with Crippen molar-refractivity contribution in [2.45, 2.75) is 20.4 Å². The van der Waals surface area contributed by atoms with Crippen LogP contribution in [0, 0.1) is 0 Å². The summed E-state index contributed by atoms with van der Waals surface area (Å²) in [6, 6.07) is 16.5. The fraction of sp³-hybridized carbons (Fsp3) is 0.130. The van der Waals surface area contributed by atoms with Crippen LogP contribution >= 0.6 is 11.6 Å². The van der Waals surface area contributed by atoms with Gasteiger partial charge in [-0.25, -0.2) is 4.68 Å². The third-order valence-corrected chi connectivity index (χ3v) is 5.05. The minimum absolute atomic E-state index is 0.195. The second kappa shape index (κ2) is 8.08. The van der Waals surface area contributed by atoms with Crippen LogP contribution in [0.25, 0.3) is 22.2 Å². The summed E-state index contributed by atoms with van der Waals surface area (Å²) in [5.41, 5.74) is 2.67. The zero-order valence-electron chi connectivity index (χ0n) is 16.5. The van der Waals surface area contributed by atoms with Crippen molar-refractivity contribution in [2.24, 2.45) is 0 Å². The van der Waals surface area contributed by atoms with Crippen LogP contribution in [-0.2, 0) is 6.54 Å². The van der Waals surface area contributed by atoms with E-state index in [-0.39, 0.29) is 22.6 Å². The summed E-state index contributed by atoms with van der Waals surface area (Å²) < 4.78 is 1.36. The van der Waals surface area contributed by atoms with Crippen molar-refractivity contribution in [3.8, 4) is 11.3 Å². The van der Waals surface area contributed by atoms with Gasteiger partial charge in [0.05, 0.1) is 11.1 Å². The molecule has 1 N–H and O–H groups in total. The minimum atomic E-state index is -0.360. The van der Waals surface area contributed by atoms with Crippen LogP contribution in [0.15, 0.2) is 65.6 Å². The van der Waals surface area contributed by atoms with E-state index in [1.165, 1.54) is 11.6 Å². The van der Waals surface area contributed by atoms with E-state index in [1.807, 2.05) is 43.3 Å². The number of nitrogens with zero attached hydrogens (tertiary/aromatic N) is 3. The van der Waals surface area contributed by atoms with Gasteiger partial charge in [-0.05, 0) is 38.1 Å². The van der Waals surface area contributed by atoms with Crippen molar-refractivity contribution in [1.29, 1.82) is 0 Å². The number of hydrogen-bond donors (Lipinski definition) is 1. The number of rotatable bonds is 5. The second-order valence-corrected chi connectivity index (χ2v) is 7.22. The molecule has 0 saturated carbocycles. The summed E-state index contributed by atoms with van der Waals surface area (Å²) >= 11 is 6.08. The largest absolute Gasteiger partial charge is 0.350 e. The fourth-order valence-corrected chi connectivity index (χ4v) is 3.57. The van der Waals surface area contributed by atoms with Gasteiger partial charge in [-0.1, -0.05) is 41.9 Å². The number of nitrogens with one attached hydrogen (secondary N) is 1. The lowest BCUT2D eigenvalue weighted by Gasteiger charge is -2.17. The van der Waals surface area contributed by atoms with Crippen molar-refractivity contribution in [2.75, 3.05) is 5.32 Å². The van der Waals surface area contributed by atoms with Crippen molar-refractivity contribution in [3.05, 3.63) is 81.7 Å². The molecule has 0 atom stereocenters. The number of aryl methyl sites for hydroxylation is 1. The molecule has 0 unspecified atom stereocenters. The first kappa shape index (κ1) is 19.8. The fourth-order valence-electron chi connectivity index (χ4n) is 3.41.